The Hall–Kier alpha value is -1.36. The standard InChI is InChI=1S/C19H32N4O/c1-4-23-17(13-16(21-23)15(2)3)18(24)20-14-19(9-5-6-10-19)22-11-7-8-12-22/h13,15H,4-12,14H2,1-3H3,(H,20,24). The van der Waals surface area contributed by atoms with Crippen LogP contribution in [0.5, 0.6) is 0 Å². The first-order valence-electron chi connectivity index (χ1n) is 9.67. The Kier molecular flexibility index (Phi) is 5.28. The third-order valence-corrected chi connectivity index (χ3v) is 5.81. The summed E-state index contributed by atoms with van der Waals surface area (Å²) < 4.78 is 1.84. The maximum Gasteiger partial charge on any atom is 0.269 e. The predicted molar refractivity (Wildman–Crippen MR) is 96.3 cm³/mol. The van der Waals surface area contributed by atoms with Crippen molar-refractivity contribution in [1.82, 2.24) is 20.0 Å². The number of nitrogens with one attached hydrogen (secondary N) is 1. The lowest BCUT2D eigenvalue weighted by Crippen LogP contribution is -2.53. The normalized spacial score (nSPS) is 20.8. The molecule has 3 rings (SSSR count). The summed E-state index contributed by atoms with van der Waals surface area (Å²) in [7, 11) is 0. The summed E-state index contributed by atoms with van der Waals surface area (Å²) in [4.78, 5) is 15.4. The van der Waals surface area contributed by atoms with Gasteiger partial charge in [-0.05, 0) is 57.7 Å². The lowest BCUT2D eigenvalue weighted by atomic mass is 9.95. The van der Waals surface area contributed by atoms with Crippen LogP contribution in [0.3, 0.4) is 0 Å². The molecule has 0 spiro atoms. The van der Waals surface area contributed by atoms with Crippen molar-refractivity contribution in [3.63, 3.8) is 0 Å². The number of amides is 1. The third-order valence-electron chi connectivity index (χ3n) is 5.81. The van der Waals surface area contributed by atoms with Crippen LogP contribution in [0.4, 0.5) is 0 Å². The van der Waals surface area contributed by atoms with Gasteiger partial charge in [0.1, 0.15) is 5.69 Å². The van der Waals surface area contributed by atoms with Gasteiger partial charge >= 0.3 is 0 Å². The summed E-state index contributed by atoms with van der Waals surface area (Å²) >= 11 is 0. The van der Waals surface area contributed by atoms with Gasteiger partial charge in [0.15, 0.2) is 0 Å². The number of hydrogen-bond donors (Lipinski definition) is 1. The molecule has 0 unspecified atom stereocenters. The highest BCUT2D eigenvalue weighted by Gasteiger charge is 2.40. The van der Waals surface area contributed by atoms with Crippen molar-refractivity contribution < 1.29 is 4.79 Å². The van der Waals surface area contributed by atoms with Crippen LogP contribution < -0.4 is 5.32 Å². The Morgan fingerprint density at radius 3 is 2.50 bits per heavy atom. The molecule has 1 aromatic heterocycles. The summed E-state index contributed by atoms with van der Waals surface area (Å²) in [5.74, 6) is 0.372. The van der Waals surface area contributed by atoms with Crippen LogP contribution >= 0.6 is 0 Å². The molecule has 0 aromatic carbocycles. The monoisotopic (exact) mass is 332 g/mol. The number of carbonyl (C=O) groups is 1. The first-order valence-corrected chi connectivity index (χ1v) is 9.67. The second kappa shape index (κ2) is 7.26. The Morgan fingerprint density at radius 2 is 1.92 bits per heavy atom. The van der Waals surface area contributed by atoms with Gasteiger partial charge in [-0.15, -0.1) is 0 Å². The van der Waals surface area contributed by atoms with Crippen molar-refractivity contribution in [3.05, 3.63) is 17.5 Å². The topological polar surface area (TPSA) is 50.2 Å². The van der Waals surface area contributed by atoms with Crippen LogP contribution in [0.2, 0.25) is 0 Å². The van der Waals surface area contributed by atoms with E-state index in [1.54, 1.807) is 0 Å². The smallest absolute Gasteiger partial charge is 0.269 e. The SMILES string of the molecule is CCn1nc(C(C)C)cc1C(=O)NCC1(N2CCCC2)CCCC1. The molecular formula is C19H32N4O. The summed E-state index contributed by atoms with van der Waals surface area (Å²) in [5.41, 5.74) is 1.90. The fourth-order valence-electron chi connectivity index (χ4n) is 4.31. The van der Waals surface area contributed by atoms with E-state index in [0.29, 0.717) is 11.6 Å². The molecule has 2 fully saturated rings. The lowest BCUT2D eigenvalue weighted by Gasteiger charge is -2.39. The molecule has 5 nitrogen and oxygen atoms in total. The Labute approximate surface area is 145 Å². The summed E-state index contributed by atoms with van der Waals surface area (Å²) in [6.07, 6.45) is 7.62. The summed E-state index contributed by atoms with van der Waals surface area (Å²) in [6.45, 7) is 10.2. The minimum absolute atomic E-state index is 0.0294. The second-order valence-corrected chi connectivity index (χ2v) is 7.73. The fraction of sp³-hybridized carbons (Fsp3) is 0.789. The van der Waals surface area contributed by atoms with Crippen LogP contribution in [-0.4, -0.2) is 45.8 Å². The third kappa shape index (κ3) is 3.37. The van der Waals surface area contributed by atoms with Gasteiger partial charge in [0.25, 0.3) is 5.91 Å². The fourth-order valence-corrected chi connectivity index (χ4v) is 4.31. The molecule has 1 aromatic rings. The highest BCUT2D eigenvalue weighted by Crippen LogP contribution is 2.37. The molecule has 0 bridgehead atoms. The van der Waals surface area contributed by atoms with E-state index in [0.717, 1.165) is 18.8 Å². The summed E-state index contributed by atoms with van der Waals surface area (Å²) in [5, 5.41) is 7.81. The number of aromatic nitrogens is 2. The van der Waals surface area contributed by atoms with E-state index >= 15 is 0 Å². The number of likely N-dealkylation sites (tertiary alicyclic amines) is 1. The van der Waals surface area contributed by atoms with E-state index in [1.807, 2.05) is 17.7 Å². The molecule has 0 atom stereocenters. The van der Waals surface area contributed by atoms with Crippen LogP contribution in [0.15, 0.2) is 6.07 Å². The van der Waals surface area contributed by atoms with Gasteiger partial charge in [0, 0.05) is 18.6 Å². The molecule has 2 aliphatic rings. The van der Waals surface area contributed by atoms with Crippen LogP contribution in [0.1, 0.15) is 81.4 Å². The molecule has 2 heterocycles. The summed E-state index contributed by atoms with van der Waals surface area (Å²) in [6, 6.07) is 1.96. The molecule has 134 valence electrons. The van der Waals surface area contributed by atoms with E-state index < -0.39 is 0 Å². The van der Waals surface area contributed by atoms with Gasteiger partial charge in [-0.3, -0.25) is 14.4 Å². The number of rotatable bonds is 6. The van der Waals surface area contributed by atoms with Gasteiger partial charge in [-0.1, -0.05) is 26.7 Å². The first kappa shape index (κ1) is 17.5. The second-order valence-electron chi connectivity index (χ2n) is 7.73. The van der Waals surface area contributed by atoms with E-state index in [4.69, 9.17) is 0 Å². The molecule has 1 amide bonds. The predicted octanol–water partition coefficient (Wildman–Crippen LogP) is 3.16. The quantitative estimate of drug-likeness (QED) is 0.870. The molecular weight excluding hydrogens is 300 g/mol. The van der Waals surface area contributed by atoms with Crippen molar-refractivity contribution in [2.24, 2.45) is 0 Å². The van der Waals surface area contributed by atoms with Crippen LogP contribution in [-0.2, 0) is 6.54 Å². The van der Waals surface area contributed by atoms with Crippen LogP contribution in [0, 0.1) is 0 Å². The first-order chi connectivity index (χ1) is 11.6. The van der Waals surface area contributed by atoms with Gasteiger partial charge in [0.05, 0.1) is 5.69 Å². The van der Waals surface area contributed by atoms with Crippen molar-refractivity contribution in [2.75, 3.05) is 19.6 Å². The minimum Gasteiger partial charge on any atom is -0.349 e. The van der Waals surface area contributed by atoms with Crippen molar-refractivity contribution >= 4 is 5.91 Å². The van der Waals surface area contributed by atoms with E-state index in [2.05, 4.69) is 29.2 Å². The highest BCUT2D eigenvalue weighted by molar-refractivity contribution is 5.92. The molecule has 24 heavy (non-hydrogen) atoms. The highest BCUT2D eigenvalue weighted by atomic mass is 16.2. The maximum absolute atomic E-state index is 12.8. The molecule has 1 saturated carbocycles. The Balaban J connectivity index is 1.70. The average molecular weight is 332 g/mol. The zero-order valence-electron chi connectivity index (χ0n) is 15.5. The molecule has 5 heteroatoms. The molecule has 1 aliphatic carbocycles. The molecule has 1 N–H and O–H groups in total. The van der Waals surface area contributed by atoms with Crippen molar-refractivity contribution in [2.45, 2.75) is 77.3 Å². The minimum atomic E-state index is 0.0294. The molecule has 1 saturated heterocycles. The van der Waals surface area contributed by atoms with Crippen molar-refractivity contribution in [3.8, 4) is 0 Å². The van der Waals surface area contributed by atoms with Gasteiger partial charge in [0.2, 0.25) is 0 Å². The number of nitrogens with zero attached hydrogens (tertiary/aromatic N) is 3. The maximum atomic E-state index is 12.8. The van der Waals surface area contributed by atoms with Gasteiger partial charge < -0.3 is 5.32 Å². The van der Waals surface area contributed by atoms with E-state index in [9.17, 15) is 4.79 Å². The number of aryl methyl sites for hydroxylation is 1. The molecule has 1 aliphatic heterocycles. The zero-order chi connectivity index (χ0) is 17.2. The van der Waals surface area contributed by atoms with Crippen molar-refractivity contribution in [1.29, 1.82) is 0 Å². The average Bonchev–Trinajstić information content (AvgIpc) is 3.32. The van der Waals surface area contributed by atoms with E-state index in [-0.39, 0.29) is 11.4 Å². The van der Waals surface area contributed by atoms with Gasteiger partial charge in [-0.25, -0.2) is 0 Å². The lowest BCUT2D eigenvalue weighted by molar-refractivity contribution is 0.0851. The van der Waals surface area contributed by atoms with Gasteiger partial charge in [-0.2, -0.15) is 5.10 Å². The largest absolute Gasteiger partial charge is 0.349 e. The van der Waals surface area contributed by atoms with E-state index in [1.165, 1.54) is 51.6 Å². The zero-order valence-corrected chi connectivity index (χ0v) is 15.5. The van der Waals surface area contributed by atoms with Crippen LogP contribution in [0.25, 0.3) is 0 Å². The number of carbonyl (C=O) groups excluding carboxylic acids is 1. The molecule has 0 radical (unpaired) electrons. The number of hydrogen-bond acceptors (Lipinski definition) is 3. The Morgan fingerprint density at radius 1 is 1.25 bits per heavy atom. The Bertz CT molecular complexity index is 566.